The number of hydrogen-bond acceptors (Lipinski definition) is 2. The maximum Gasteiger partial charge on any atom is 0.221 e. The van der Waals surface area contributed by atoms with Gasteiger partial charge in [-0.2, -0.15) is 0 Å². The van der Waals surface area contributed by atoms with E-state index in [1.54, 1.807) is 0 Å². The first-order valence-corrected chi connectivity index (χ1v) is 6.92. The Morgan fingerprint density at radius 2 is 1.27 bits per heavy atom. The molecule has 0 aromatic rings. The van der Waals surface area contributed by atoms with E-state index in [9.17, 15) is 9.59 Å². The third-order valence-corrected chi connectivity index (χ3v) is 3.80. The van der Waals surface area contributed by atoms with E-state index in [2.05, 4.69) is 31.9 Å². The van der Waals surface area contributed by atoms with Crippen molar-refractivity contribution in [2.75, 3.05) is 0 Å². The molecule has 0 bridgehead atoms. The van der Waals surface area contributed by atoms with Gasteiger partial charge in [0.05, 0.1) is 3.23 Å². The summed E-state index contributed by atoms with van der Waals surface area (Å²) in [4.78, 5) is 21.0. The van der Waals surface area contributed by atoms with Crippen LogP contribution in [0.25, 0.3) is 0 Å². The smallest absolute Gasteiger partial charge is 0.221 e. The molecule has 0 rings (SSSR count). The van der Waals surface area contributed by atoms with Gasteiger partial charge in [0, 0.05) is 12.8 Å². The Balaban J connectivity index is 3.66. The molecule has 0 aliphatic rings. The van der Waals surface area contributed by atoms with Crippen LogP contribution >= 0.6 is 55.1 Å². The van der Waals surface area contributed by atoms with Gasteiger partial charge in [-0.1, -0.05) is 31.9 Å². The van der Waals surface area contributed by atoms with E-state index >= 15 is 0 Å². The van der Waals surface area contributed by atoms with Crippen molar-refractivity contribution in [3.05, 3.63) is 0 Å². The molecule has 0 atom stereocenters. The predicted octanol–water partition coefficient (Wildman–Crippen LogP) is 4.34. The second kappa shape index (κ2) is 8.04. The van der Waals surface area contributed by atoms with Crippen molar-refractivity contribution < 1.29 is 9.59 Å². The van der Waals surface area contributed by atoms with Crippen molar-refractivity contribution in [1.29, 1.82) is 0 Å². The zero-order valence-electron chi connectivity index (χ0n) is 8.07. The van der Waals surface area contributed by atoms with Crippen LogP contribution in [0.2, 0.25) is 0 Å². The Kier molecular flexibility index (Phi) is 8.51. The highest BCUT2D eigenvalue weighted by molar-refractivity contribution is 9.25. The van der Waals surface area contributed by atoms with Crippen molar-refractivity contribution in [1.82, 2.24) is 0 Å². The molecule has 0 amide bonds. The standard InChI is InChI=1S/C9H12Br2Cl2O2/c10-9(11,5-1-3-7(12)14)6-2-4-8(13)15/h1-6H2. The van der Waals surface area contributed by atoms with E-state index in [1.165, 1.54) is 0 Å². The summed E-state index contributed by atoms with van der Waals surface area (Å²) in [6, 6.07) is 0. The number of hydrogen-bond donors (Lipinski definition) is 0. The summed E-state index contributed by atoms with van der Waals surface area (Å²) in [6.45, 7) is 0. The summed E-state index contributed by atoms with van der Waals surface area (Å²) in [5, 5.41) is -0.636. The number of rotatable bonds is 8. The second-order valence-corrected chi connectivity index (χ2v) is 8.22. The average Bonchev–Trinajstić information content (AvgIpc) is 2.01. The fraction of sp³-hybridized carbons (Fsp3) is 0.778. The van der Waals surface area contributed by atoms with Gasteiger partial charge in [0.2, 0.25) is 10.5 Å². The molecule has 0 heterocycles. The molecule has 0 aliphatic carbocycles. The minimum Gasteiger partial charge on any atom is -0.281 e. The van der Waals surface area contributed by atoms with E-state index in [4.69, 9.17) is 23.2 Å². The normalized spacial score (nSPS) is 11.5. The van der Waals surface area contributed by atoms with Crippen LogP contribution in [0.4, 0.5) is 0 Å². The molecule has 0 aliphatic heterocycles. The van der Waals surface area contributed by atoms with Gasteiger partial charge in [0.1, 0.15) is 0 Å². The average molecular weight is 383 g/mol. The lowest BCUT2D eigenvalue weighted by Gasteiger charge is -2.19. The minimum absolute atomic E-state index is 0.224. The van der Waals surface area contributed by atoms with Crippen LogP contribution in [0.1, 0.15) is 38.5 Å². The number of halogens is 4. The molecule has 0 saturated heterocycles. The Hall–Kier alpha value is 0.880. The lowest BCUT2D eigenvalue weighted by atomic mass is 10.1. The highest BCUT2D eigenvalue weighted by Gasteiger charge is 2.22. The van der Waals surface area contributed by atoms with Crippen molar-refractivity contribution in [2.45, 2.75) is 41.8 Å². The van der Waals surface area contributed by atoms with Gasteiger partial charge in [0.15, 0.2) is 0 Å². The van der Waals surface area contributed by atoms with E-state index in [0.29, 0.717) is 25.7 Å². The van der Waals surface area contributed by atoms with E-state index < -0.39 is 0 Å². The van der Waals surface area contributed by atoms with E-state index in [0.717, 1.165) is 12.8 Å². The topological polar surface area (TPSA) is 34.1 Å². The number of carbonyl (C=O) groups excluding carboxylic acids is 2. The van der Waals surface area contributed by atoms with Gasteiger partial charge in [0.25, 0.3) is 0 Å². The van der Waals surface area contributed by atoms with Crippen LogP contribution in [0.5, 0.6) is 0 Å². The predicted molar refractivity (Wildman–Crippen MR) is 70.0 cm³/mol. The Bertz CT molecular complexity index is 210. The molecule has 6 heteroatoms. The van der Waals surface area contributed by atoms with E-state index in [1.807, 2.05) is 0 Å². The van der Waals surface area contributed by atoms with Crippen molar-refractivity contribution in [2.24, 2.45) is 0 Å². The zero-order valence-corrected chi connectivity index (χ0v) is 12.8. The quantitative estimate of drug-likeness (QED) is 0.462. The summed E-state index contributed by atoms with van der Waals surface area (Å²) < 4.78 is -0.224. The second-order valence-electron chi connectivity index (χ2n) is 3.27. The molecule has 88 valence electrons. The molecule has 15 heavy (non-hydrogen) atoms. The molecule has 0 aromatic heterocycles. The van der Waals surface area contributed by atoms with Crippen molar-refractivity contribution in [3.63, 3.8) is 0 Å². The first-order chi connectivity index (χ1) is 6.83. The molecular weight excluding hydrogens is 371 g/mol. The number of carbonyl (C=O) groups is 2. The Morgan fingerprint density at radius 3 is 1.53 bits per heavy atom. The summed E-state index contributed by atoms with van der Waals surface area (Å²) in [5.74, 6) is 0. The van der Waals surface area contributed by atoms with Crippen LogP contribution in [0.15, 0.2) is 0 Å². The summed E-state index contributed by atoms with van der Waals surface area (Å²) in [7, 11) is 0. The molecular formula is C9H12Br2Cl2O2. The number of alkyl halides is 2. The molecule has 0 N–H and O–H groups in total. The molecule has 0 fully saturated rings. The van der Waals surface area contributed by atoms with Crippen molar-refractivity contribution >= 4 is 65.5 Å². The maximum absolute atomic E-state index is 10.5. The van der Waals surface area contributed by atoms with Crippen LogP contribution in [0, 0.1) is 0 Å². The third kappa shape index (κ3) is 11.1. The van der Waals surface area contributed by atoms with Gasteiger partial charge >= 0.3 is 0 Å². The van der Waals surface area contributed by atoms with Gasteiger partial charge in [-0.05, 0) is 48.9 Å². The van der Waals surface area contributed by atoms with Crippen LogP contribution < -0.4 is 0 Å². The fourth-order valence-electron chi connectivity index (χ4n) is 1.10. The van der Waals surface area contributed by atoms with E-state index in [-0.39, 0.29) is 13.7 Å². The van der Waals surface area contributed by atoms with Crippen LogP contribution in [-0.4, -0.2) is 13.7 Å². The summed E-state index contributed by atoms with van der Waals surface area (Å²) >= 11 is 17.4. The Morgan fingerprint density at radius 1 is 0.933 bits per heavy atom. The first kappa shape index (κ1) is 15.9. The highest BCUT2D eigenvalue weighted by Crippen LogP contribution is 2.37. The molecule has 0 unspecified atom stereocenters. The largest absolute Gasteiger partial charge is 0.281 e. The Labute approximate surface area is 116 Å². The molecule has 0 spiro atoms. The van der Waals surface area contributed by atoms with Crippen LogP contribution in [-0.2, 0) is 9.59 Å². The monoisotopic (exact) mass is 380 g/mol. The maximum atomic E-state index is 10.5. The zero-order chi connectivity index (χ0) is 11.9. The van der Waals surface area contributed by atoms with Gasteiger partial charge in [-0.25, -0.2) is 0 Å². The molecule has 0 aromatic carbocycles. The first-order valence-electron chi connectivity index (χ1n) is 4.58. The van der Waals surface area contributed by atoms with Crippen molar-refractivity contribution in [3.8, 4) is 0 Å². The fourth-order valence-corrected chi connectivity index (χ4v) is 2.49. The summed E-state index contributed by atoms with van der Waals surface area (Å²) in [6.07, 6.45) is 3.73. The molecule has 0 saturated carbocycles. The SMILES string of the molecule is O=C(Cl)CCCC(Br)(Br)CCCC(=O)Cl. The highest BCUT2D eigenvalue weighted by atomic mass is 79.9. The molecule has 2 nitrogen and oxygen atoms in total. The van der Waals surface area contributed by atoms with Gasteiger partial charge < -0.3 is 0 Å². The third-order valence-electron chi connectivity index (χ3n) is 1.83. The minimum atomic E-state index is -0.318. The summed E-state index contributed by atoms with van der Waals surface area (Å²) in [5.41, 5.74) is 0. The van der Waals surface area contributed by atoms with Crippen LogP contribution in [0.3, 0.4) is 0 Å². The lowest BCUT2D eigenvalue weighted by molar-refractivity contribution is -0.112. The molecule has 0 radical (unpaired) electrons. The van der Waals surface area contributed by atoms with Gasteiger partial charge in [-0.3, -0.25) is 9.59 Å². The van der Waals surface area contributed by atoms with Gasteiger partial charge in [-0.15, -0.1) is 0 Å². The lowest BCUT2D eigenvalue weighted by Crippen LogP contribution is -2.11.